The van der Waals surface area contributed by atoms with Gasteiger partial charge in [-0.2, -0.15) is 0 Å². The van der Waals surface area contributed by atoms with Gasteiger partial charge in [-0.1, -0.05) is 142 Å². The molecule has 2 heteroatoms. The van der Waals surface area contributed by atoms with Crippen molar-refractivity contribution < 1.29 is 9.90 Å². The number of aliphatic carboxylic acids is 1. The van der Waals surface area contributed by atoms with E-state index < -0.39 is 5.97 Å². The Labute approximate surface area is 170 Å². The van der Waals surface area contributed by atoms with E-state index in [-0.39, 0.29) is 0 Å². The topological polar surface area (TPSA) is 37.3 Å². The smallest absolute Gasteiger partial charge is 0.303 e. The van der Waals surface area contributed by atoms with Crippen LogP contribution in [0.15, 0.2) is 0 Å². The van der Waals surface area contributed by atoms with Gasteiger partial charge in [0.15, 0.2) is 0 Å². The van der Waals surface area contributed by atoms with Crippen LogP contribution in [-0.2, 0) is 4.79 Å². The standard InChI is InChI=1S/C25H50O2/c1-3-4-5-6-7-8-9-10-11-12-13-14-15-16-17-18-19-20-21-22-24(2)23-25(26)27/h24H,3-23H2,1-2H3,(H,26,27). The minimum absolute atomic E-state index is 0.332. The molecule has 0 amide bonds. The van der Waals surface area contributed by atoms with Crippen molar-refractivity contribution in [3.05, 3.63) is 0 Å². The highest BCUT2D eigenvalue weighted by molar-refractivity contribution is 5.66. The fourth-order valence-corrected chi connectivity index (χ4v) is 3.97. The van der Waals surface area contributed by atoms with Crippen LogP contribution >= 0.6 is 0 Å². The molecule has 0 aliphatic rings. The lowest BCUT2D eigenvalue weighted by Crippen LogP contribution is -2.03. The maximum Gasteiger partial charge on any atom is 0.303 e. The van der Waals surface area contributed by atoms with E-state index in [1.54, 1.807) is 0 Å². The van der Waals surface area contributed by atoms with Gasteiger partial charge in [-0.3, -0.25) is 4.79 Å². The summed E-state index contributed by atoms with van der Waals surface area (Å²) in [5, 5.41) is 8.74. The second-order valence-electron chi connectivity index (χ2n) is 8.86. The number of carboxylic acid groups (broad SMARTS) is 1. The summed E-state index contributed by atoms with van der Waals surface area (Å²) < 4.78 is 0. The largest absolute Gasteiger partial charge is 0.481 e. The predicted octanol–water partition coefficient (Wildman–Crippen LogP) is 8.92. The van der Waals surface area contributed by atoms with E-state index in [2.05, 4.69) is 13.8 Å². The first-order valence-corrected chi connectivity index (χ1v) is 12.4. The van der Waals surface area contributed by atoms with Crippen molar-refractivity contribution in [1.29, 1.82) is 0 Å². The van der Waals surface area contributed by atoms with Crippen LogP contribution in [-0.4, -0.2) is 11.1 Å². The maximum absolute atomic E-state index is 10.6. The van der Waals surface area contributed by atoms with Gasteiger partial charge in [0.2, 0.25) is 0 Å². The minimum Gasteiger partial charge on any atom is -0.481 e. The molecule has 0 aromatic rings. The van der Waals surface area contributed by atoms with Crippen LogP contribution < -0.4 is 0 Å². The molecule has 162 valence electrons. The molecule has 0 fully saturated rings. The van der Waals surface area contributed by atoms with Crippen molar-refractivity contribution >= 4 is 5.97 Å². The molecule has 0 saturated carbocycles. The first-order valence-electron chi connectivity index (χ1n) is 12.4. The summed E-state index contributed by atoms with van der Waals surface area (Å²) in [6, 6.07) is 0. The number of carbonyl (C=O) groups is 1. The highest BCUT2D eigenvalue weighted by atomic mass is 16.4. The Morgan fingerprint density at radius 3 is 1.19 bits per heavy atom. The van der Waals surface area contributed by atoms with Gasteiger partial charge < -0.3 is 5.11 Å². The van der Waals surface area contributed by atoms with Crippen molar-refractivity contribution in [3.63, 3.8) is 0 Å². The van der Waals surface area contributed by atoms with Crippen LogP contribution in [0, 0.1) is 5.92 Å². The molecule has 1 unspecified atom stereocenters. The zero-order valence-corrected chi connectivity index (χ0v) is 18.8. The number of unbranched alkanes of at least 4 members (excludes halogenated alkanes) is 18. The van der Waals surface area contributed by atoms with Gasteiger partial charge in [-0.25, -0.2) is 0 Å². The maximum atomic E-state index is 10.6. The summed E-state index contributed by atoms with van der Waals surface area (Å²) in [5.41, 5.74) is 0. The van der Waals surface area contributed by atoms with Crippen molar-refractivity contribution in [1.82, 2.24) is 0 Å². The van der Waals surface area contributed by atoms with E-state index in [1.165, 1.54) is 122 Å². The zero-order valence-electron chi connectivity index (χ0n) is 18.8. The van der Waals surface area contributed by atoms with Gasteiger partial charge in [0.05, 0.1) is 0 Å². The van der Waals surface area contributed by atoms with Crippen molar-refractivity contribution in [2.24, 2.45) is 5.92 Å². The van der Waals surface area contributed by atoms with E-state index in [0.717, 1.165) is 6.42 Å². The van der Waals surface area contributed by atoms with E-state index in [1.807, 2.05) is 0 Å². The van der Waals surface area contributed by atoms with Crippen LogP contribution in [0.4, 0.5) is 0 Å². The molecule has 0 rings (SSSR count). The Kier molecular flexibility index (Phi) is 21.3. The van der Waals surface area contributed by atoms with Crippen LogP contribution in [0.5, 0.6) is 0 Å². The molecular formula is C25H50O2. The molecule has 1 atom stereocenters. The molecule has 0 aromatic heterocycles. The fourth-order valence-electron chi connectivity index (χ4n) is 3.97. The average molecular weight is 383 g/mol. The summed E-state index contributed by atoms with van der Waals surface area (Å²) in [6.45, 7) is 4.35. The molecule has 2 nitrogen and oxygen atoms in total. The molecule has 0 saturated heterocycles. The monoisotopic (exact) mass is 382 g/mol. The Morgan fingerprint density at radius 1 is 0.593 bits per heavy atom. The minimum atomic E-state index is -0.652. The predicted molar refractivity (Wildman–Crippen MR) is 119 cm³/mol. The Morgan fingerprint density at radius 2 is 0.889 bits per heavy atom. The number of rotatable bonds is 22. The molecule has 1 N–H and O–H groups in total. The average Bonchev–Trinajstić information content (AvgIpc) is 2.63. The lowest BCUT2D eigenvalue weighted by Gasteiger charge is -2.08. The Hall–Kier alpha value is -0.530. The fraction of sp³-hybridized carbons (Fsp3) is 0.960. The highest BCUT2D eigenvalue weighted by Gasteiger charge is 2.06. The van der Waals surface area contributed by atoms with Crippen LogP contribution in [0.3, 0.4) is 0 Å². The summed E-state index contributed by atoms with van der Waals surface area (Å²) >= 11 is 0. The summed E-state index contributed by atoms with van der Waals surface area (Å²) in [7, 11) is 0. The number of hydrogen-bond donors (Lipinski definition) is 1. The second kappa shape index (κ2) is 21.8. The van der Waals surface area contributed by atoms with Crippen molar-refractivity contribution in [3.8, 4) is 0 Å². The van der Waals surface area contributed by atoms with Gasteiger partial charge in [-0.15, -0.1) is 0 Å². The Balaban J connectivity index is 3.06. The molecule has 0 spiro atoms. The lowest BCUT2D eigenvalue weighted by molar-refractivity contribution is -0.138. The van der Waals surface area contributed by atoms with E-state index in [4.69, 9.17) is 5.11 Å². The highest BCUT2D eigenvalue weighted by Crippen LogP contribution is 2.16. The van der Waals surface area contributed by atoms with Crippen molar-refractivity contribution in [2.75, 3.05) is 0 Å². The third-order valence-electron chi connectivity index (χ3n) is 5.82. The number of carboxylic acids is 1. The van der Waals surface area contributed by atoms with E-state index in [0.29, 0.717) is 12.3 Å². The first kappa shape index (κ1) is 26.5. The van der Waals surface area contributed by atoms with Gasteiger partial charge in [-0.05, 0) is 5.92 Å². The molecule has 0 bridgehead atoms. The molecule has 0 aromatic carbocycles. The quantitative estimate of drug-likeness (QED) is 0.190. The summed E-state index contributed by atoms with van der Waals surface area (Å²) in [4.78, 5) is 10.6. The van der Waals surface area contributed by atoms with Crippen molar-refractivity contribution in [2.45, 2.75) is 149 Å². The van der Waals surface area contributed by atoms with Gasteiger partial charge in [0, 0.05) is 6.42 Å². The summed E-state index contributed by atoms with van der Waals surface area (Å²) in [5.74, 6) is -0.311. The molecule has 0 aliphatic carbocycles. The van der Waals surface area contributed by atoms with Crippen LogP contribution in [0.1, 0.15) is 149 Å². The molecular weight excluding hydrogens is 332 g/mol. The van der Waals surface area contributed by atoms with Gasteiger partial charge in [0.1, 0.15) is 0 Å². The molecule has 0 radical (unpaired) electrons. The molecule has 0 aliphatic heterocycles. The third kappa shape index (κ3) is 23.4. The second-order valence-corrected chi connectivity index (χ2v) is 8.86. The number of hydrogen-bond acceptors (Lipinski definition) is 1. The van der Waals surface area contributed by atoms with Gasteiger partial charge in [0.25, 0.3) is 0 Å². The molecule has 0 heterocycles. The third-order valence-corrected chi connectivity index (χ3v) is 5.82. The van der Waals surface area contributed by atoms with E-state index in [9.17, 15) is 4.79 Å². The zero-order chi connectivity index (χ0) is 20.0. The first-order chi connectivity index (χ1) is 13.2. The summed E-state index contributed by atoms with van der Waals surface area (Å²) in [6.07, 6.45) is 28.1. The lowest BCUT2D eigenvalue weighted by atomic mass is 9.99. The molecule has 27 heavy (non-hydrogen) atoms. The van der Waals surface area contributed by atoms with Gasteiger partial charge >= 0.3 is 5.97 Å². The SMILES string of the molecule is CCCCCCCCCCCCCCCCCCCCCC(C)CC(=O)O. The van der Waals surface area contributed by atoms with E-state index >= 15 is 0 Å². The van der Waals surface area contributed by atoms with Crippen LogP contribution in [0.2, 0.25) is 0 Å². The normalized spacial score (nSPS) is 12.4. The Bertz CT molecular complexity index is 301. The van der Waals surface area contributed by atoms with Crippen LogP contribution in [0.25, 0.3) is 0 Å².